The van der Waals surface area contributed by atoms with E-state index < -0.39 is 29.5 Å². The quantitative estimate of drug-likeness (QED) is 0.144. The molecule has 6 nitrogen and oxygen atoms in total. The molecule has 0 amide bonds. The largest absolute Gasteiger partial charge is 0.492 e. The number of likely N-dealkylation sites (tertiary alicyclic amines) is 1. The van der Waals surface area contributed by atoms with Crippen LogP contribution in [0.1, 0.15) is 44.4 Å². The Bertz CT molecular complexity index is 1410. The van der Waals surface area contributed by atoms with Gasteiger partial charge >= 0.3 is 5.97 Å². The monoisotopic (exact) mass is 610 g/mol. The van der Waals surface area contributed by atoms with Crippen molar-refractivity contribution in [2.75, 3.05) is 32.8 Å². The number of benzene rings is 3. The molecule has 1 aliphatic carbocycles. The first-order chi connectivity index (χ1) is 21.0. The molecule has 4 atom stereocenters. The van der Waals surface area contributed by atoms with E-state index in [9.17, 15) is 18.0 Å². The van der Waals surface area contributed by atoms with E-state index >= 15 is 0 Å². The second-order valence-corrected chi connectivity index (χ2v) is 12.7. The SMILES string of the molecule is CCOC(=O)[C@H](Cc1ccc(OCCN[C@H]2C3CN(Cc4cc(F)c(F)cc4F)C[C@@H]32)cc1)Oc1ccc(C(C)(C)C)cc1. The number of halogens is 3. The summed E-state index contributed by atoms with van der Waals surface area (Å²) in [5.74, 6) is -1.01. The molecule has 1 N–H and O–H groups in total. The highest BCUT2D eigenvalue weighted by atomic mass is 19.2. The van der Waals surface area contributed by atoms with E-state index in [2.05, 4.69) is 31.0 Å². The minimum atomic E-state index is -1.16. The van der Waals surface area contributed by atoms with Crippen LogP contribution in [-0.4, -0.2) is 55.9 Å². The molecule has 3 aromatic rings. The summed E-state index contributed by atoms with van der Waals surface area (Å²) >= 11 is 0. The third-order valence-corrected chi connectivity index (χ3v) is 8.40. The molecule has 1 heterocycles. The van der Waals surface area contributed by atoms with Gasteiger partial charge < -0.3 is 19.5 Å². The van der Waals surface area contributed by atoms with Crippen LogP contribution in [-0.2, 0) is 27.9 Å². The summed E-state index contributed by atoms with van der Waals surface area (Å²) in [7, 11) is 0. The molecule has 1 saturated carbocycles. The predicted octanol–water partition coefficient (Wildman–Crippen LogP) is 6.05. The molecule has 2 fully saturated rings. The van der Waals surface area contributed by atoms with Crippen molar-refractivity contribution < 1.29 is 32.2 Å². The molecule has 1 aliphatic heterocycles. The number of nitrogens with zero attached hydrogens (tertiary/aromatic N) is 1. The normalized spacial score (nSPS) is 20.2. The summed E-state index contributed by atoms with van der Waals surface area (Å²) in [5, 5.41) is 3.53. The second kappa shape index (κ2) is 13.6. The predicted molar refractivity (Wildman–Crippen MR) is 162 cm³/mol. The highest BCUT2D eigenvalue weighted by molar-refractivity contribution is 5.75. The van der Waals surface area contributed by atoms with Crippen LogP contribution in [0.2, 0.25) is 0 Å². The van der Waals surface area contributed by atoms with E-state index in [1.54, 1.807) is 6.92 Å². The Labute approximate surface area is 257 Å². The van der Waals surface area contributed by atoms with Crippen LogP contribution in [0.25, 0.3) is 0 Å². The van der Waals surface area contributed by atoms with Gasteiger partial charge in [0.2, 0.25) is 0 Å². The van der Waals surface area contributed by atoms with E-state index in [1.165, 1.54) is 5.56 Å². The molecule has 0 aromatic heterocycles. The van der Waals surface area contributed by atoms with Crippen LogP contribution in [0.5, 0.6) is 11.5 Å². The Morgan fingerprint density at radius 3 is 2.20 bits per heavy atom. The zero-order valence-electron chi connectivity index (χ0n) is 25.7. The molecule has 0 radical (unpaired) electrons. The highest BCUT2D eigenvalue weighted by Crippen LogP contribution is 2.45. The summed E-state index contributed by atoms with van der Waals surface area (Å²) in [6.45, 7) is 11.5. The van der Waals surface area contributed by atoms with Crippen LogP contribution in [0.3, 0.4) is 0 Å². The van der Waals surface area contributed by atoms with Crippen molar-refractivity contribution in [2.24, 2.45) is 11.8 Å². The first-order valence-corrected chi connectivity index (χ1v) is 15.3. The Morgan fingerprint density at radius 2 is 1.57 bits per heavy atom. The van der Waals surface area contributed by atoms with Gasteiger partial charge in [0.15, 0.2) is 17.7 Å². The lowest BCUT2D eigenvalue weighted by Crippen LogP contribution is -2.33. The zero-order valence-corrected chi connectivity index (χ0v) is 25.7. The van der Waals surface area contributed by atoms with E-state index in [-0.39, 0.29) is 24.1 Å². The molecule has 236 valence electrons. The van der Waals surface area contributed by atoms with E-state index in [1.807, 2.05) is 48.5 Å². The smallest absolute Gasteiger partial charge is 0.347 e. The summed E-state index contributed by atoms with van der Waals surface area (Å²) in [4.78, 5) is 14.8. The summed E-state index contributed by atoms with van der Waals surface area (Å²) in [6.07, 6.45) is -0.400. The Balaban J connectivity index is 1.04. The van der Waals surface area contributed by atoms with Gasteiger partial charge in [-0.05, 0) is 65.6 Å². The minimum Gasteiger partial charge on any atom is -0.492 e. The number of nitrogens with one attached hydrogen (secondary N) is 1. The van der Waals surface area contributed by atoms with E-state index in [4.69, 9.17) is 14.2 Å². The average Bonchev–Trinajstić information content (AvgIpc) is 3.43. The molecule has 2 aliphatic rings. The summed E-state index contributed by atoms with van der Waals surface area (Å²) in [5.41, 5.74) is 2.32. The molecular formula is C35H41F3N2O4. The van der Waals surface area contributed by atoms with Gasteiger partial charge in [0, 0.05) is 50.3 Å². The van der Waals surface area contributed by atoms with Crippen molar-refractivity contribution in [3.05, 3.63) is 94.8 Å². The van der Waals surface area contributed by atoms with Gasteiger partial charge in [-0.2, -0.15) is 0 Å². The molecular weight excluding hydrogens is 569 g/mol. The topological polar surface area (TPSA) is 60.0 Å². The summed E-state index contributed by atoms with van der Waals surface area (Å²) in [6, 6.07) is 17.4. The number of carbonyl (C=O) groups excluding carboxylic acids is 1. The van der Waals surface area contributed by atoms with Crippen LogP contribution in [0.15, 0.2) is 60.7 Å². The molecule has 5 rings (SSSR count). The van der Waals surface area contributed by atoms with E-state index in [0.717, 1.165) is 30.5 Å². The number of ether oxygens (including phenoxy) is 3. The molecule has 0 spiro atoms. The van der Waals surface area contributed by atoms with Gasteiger partial charge in [-0.3, -0.25) is 4.90 Å². The molecule has 1 saturated heterocycles. The standard InChI is InChI=1S/C35H41F3N2O4/c1-5-42-34(41)32(44-26-12-8-24(9-13-26)35(2,3)4)16-22-6-10-25(11-7-22)43-15-14-39-33-27-20-40(21-28(27)33)19-23-17-30(37)31(38)18-29(23)36/h6-13,17-18,27-28,32-33,39H,5,14-16,19-21H2,1-4H3/t27-,28?,32-,33+/m0/s1. The van der Waals surface area contributed by atoms with Crippen molar-refractivity contribution in [3.63, 3.8) is 0 Å². The lowest BCUT2D eigenvalue weighted by Gasteiger charge is -2.21. The maximum absolute atomic E-state index is 14.0. The van der Waals surface area contributed by atoms with Crippen molar-refractivity contribution >= 4 is 5.97 Å². The third kappa shape index (κ3) is 7.93. The fraction of sp³-hybridized carbons (Fsp3) is 0.457. The number of fused-ring (bicyclic) bond motifs is 1. The number of carbonyl (C=O) groups is 1. The van der Waals surface area contributed by atoms with Crippen molar-refractivity contribution in [2.45, 2.75) is 58.2 Å². The number of hydrogen-bond acceptors (Lipinski definition) is 6. The average molecular weight is 611 g/mol. The fourth-order valence-corrected chi connectivity index (χ4v) is 5.91. The first-order valence-electron chi connectivity index (χ1n) is 15.3. The molecule has 3 aromatic carbocycles. The maximum Gasteiger partial charge on any atom is 0.347 e. The van der Waals surface area contributed by atoms with Gasteiger partial charge in [-0.25, -0.2) is 18.0 Å². The Morgan fingerprint density at radius 1 is 0.932 bits per heavy atom. The van der Waals surface area contributed by atoms with Crippen molar-refractivity contribution in [3.8, 4) is 11.5 Å². The molecule has 9 heteroatoms. The van der Waals surface area contributed by atoms with Crippen LogP contribution in [0.4, 0.5) is 13.2 Å². The molecule has 0 bridgehead atoms. The summed E-state index contributed by atoms with van der Waals surface area (Å²) < 4.78 is 57.9. The highest BCUT2D eigenvalue weighted by Gasteiger charge is 2.55. The Hall–Kier alpha value is -3.56. The molecule has 1 unspecified atom stereocenters. The van der Waals surface area contributed by atoms with Gasteiger partial charge in [0.25, 0.3) is 0 Å². The van der Waals surface area contributed by atoms with Crippen molar-refractivity contribution in [1.82, 2.24) is 10.2 Å². The first kappa shape index (κ1) is 31.9. The van der Waals surface area contributed by atoms with Crippen LogP contribution < -0.4 is 14.8 Å². The molecule has 44 heavy (non-hydrogen) atoms. The van der Waals surface area contributed by atoms with Gasteiger partial charge in [0.1, 0.15) is 23.9 Å². The van der Waals surface area contributed by atoms with Crippen LogP contribution >= 0.6 is 0 Å². The van der Waals surface area contributed by atoms with Crippen LogP contribution in [0, 0.1) is 29.3 Å². The third-order valence-electron chi connectivity index (χ3n) is 8.40. The number of hydrogen-bond donors (Lipinski definition) is 1. The minimum absolute atomic E-state index is 0.0253. The van der Waals surface area contributed by atoms with Gasteiger partial charge in [-0.15, -0.1) is 0 Å². The number of esters is 1. The zero-order chi connectivity index (χ0) is 31.4. The van der Waals surface area contributed by atoms with E-state index in [0.29, 0.717) is 49.3 Å². The number of piperidine rings is 1. The lowest BCUT2D eigenvalue weighted by molar-refractivity contribution is -0.151. The maximum atomic E-state index is 14.0. The van der Waals surface area contributed by atoms with Gasteiger partial charge in [0.05, 0.1) is 6.61 Å². The fourth-order valence-electron chi connectivity index (χ4n) is 5.91. The second-order valence-electron chi connectivity index (χ2n) is 12.7. The van der Waals surface area contributed by atoms with Crippen molar-refractivity contribution in [1.29, 1.82) is 0 Å². The Kier molecular flexibility index (Phi) is 9.85. The lowest BCUT2D eigenvalue weighted by atomic mass is 9.87. The number of rotatable bonds is 13. The van der Waals surface area contributed by atoms with Gasteiger partial charge in [-0.1, -0.05) is 45.0 Å².